The number of aromatic hydroxyl groups is 1. The van der Waals surface area contributed by atoms with Crippen LogP contribution in [0.5, 0.6) is 5.75 Å². The van der Waals surface area contributed by atoms with Crippen LogP contribution >= 0.6 is 0 Å². The molecule has 0 aromatic heterocycles. The molecule has 0 fully saturated rings. The lowest BCUT2D eigenvalue weighted by Crippen LogP contribution is -2.11. The Hall–Kier alpha value is -2.30. The summed E-state index contributed by atoms with van der Waals surface area (Å²) in [7, 11) is 1.26. The highest BCUT2D eigenvalue weighted by Gasteiger charge is 2.07. The minimum absolute atomic E-state index is 0.00650. The second kappa shape index (κ2) is 4.97. The van der Waals surface area contributed by atoms with Crippen molar-refractivity contribution in [2.75, 3.05) is 7.11 Å². The van der Waals surface area contributed by atoms with Crippen LogP contribution in [0.4, 0.5) is 0 Å². The van der Waals surface area contributed by atoms with Crippen LogP contribution in [-0.2, 0) is 9.53 Å². The van der Waals surface area contributed by atoms with Crippen molar-refractivity contribution in [1.29, 1.82) is 0 Å². The van der Waals surface area contributed by atoms with Crippen LogP contribution in [0.15, 0.2) is 24.3 Å². The summed E-state index contributed by atoms with van der Waals surface area (Å²) in [6, 6.07) is 4.26. The summed E-state index contributed by atoms with van der Waals surface area (Å²) in [4.78, 5) is 21.7. The van der Waals surface area contributed by atoms with Gasteiger partial charge >= 0.3 is 5.97 Å². The number of phenols is 1. The molecule has 1 aromatic rings. The van der Waals surface area contributed by atoms with Gasteiger partial charge in [0, 0.05) is 6.08 Å². The Balaban J connectivity index is 2.99. The van der Waals surface area contributed by atoms with E-state index in [4.69, 9.17) is 5.73 Å². The van der Waals surface area contributed by atoms with Gasteiger partial charge in [0.2, 0.25) is 0 Å². The zero-order chi connectivity index (χ0) is 12.1. The Labute approximate surface area is 92.1 Å². The maximum Gasteiger partial charge on any atom is 0.330 e. The minimum Gasteiger partial charge on any atom is -0.507 e. The van der Waals surface area contributed by atoms with Crippen molar-refractivity contribution in [3.8, 4) is 5.75 Å². The van der Waals surface area contributed by atoms with Gasteiger partial charge in [-0.2, -0.15) is 0 Å². The van der Waals surface area contributed by atoms with E-state index in [1.165, 1.54) is 31.4 Å². The van der Waals surface area contributed by atoms with Crippen LogP contribution in [0.25, 0.3) is 6.08 Å². The summed E-state index contributed by atoms with van der Waals surface area (Å²) in [5.74, 6) is -1.43. The third-order valence-corrected chi connectivity index (χ3v) is 1.90. The van der Waals surface area contributed by atoms with Gasteiger partial charge in [0.05, 0.1) is 12.7 Å². The molecule has 0 saturated heterocycles. The normalized spacial score (nSPS) is 10.3. The van der Waals surface area contributed by atoms with Gasteiger partial charge in [0.15, 0.2) is 0 Å². The first kappa shape index (κ1) is 11.8. The number of carbonyl (C=O) groups excluding carboxylic acids is 2. The molecule has 5 nitrogen and oxygen atoms in total. The number of nitrogens with two attached hydrogens (primary N) is 1. The van der Waals surface area contributed by atoms with E-state index in [0.29, 0.717) is 5.56 Å². The zero-order valence-corrected chi connectivity index (χ0v) is 8.64. The fraction of sp³-hybridized carbons (Fsp3) is 0.0909. The predicted molar refractivity (Wildman–Crippen MR) is 57.7 cm³/mol. The monoisotopic (exact) mass is 221 g/mol. The third kappa shape index (κ3) is 2.84. The molecule has 5 heteroatoms. The predicted octanol–water partition coefficient (Wildman–Crippen LogP) is 0.677. The van der Waals surface area contributed by atoms with Gasteiger partial charge in [-0.25, -0.2) is 4.79 Å². The summed E-state index contributed by atoms with van der Waals surface area (Å²) in [5, 5.41) is 9.31. The van der Waals surface area contributed by atoms with Crippen molar-refractivity contribution in [2.45, 2.75) is 0 Å². The molecule has 16 heavy (non-hydrogen) atoms. The molecule has 1 rings (SSSR count). The molecule has 0 aliphatic carbocycles. The molecule has 1 aromatic carbocycles. The fourth-order valence-electron chi connectivity index (χ4n) is 1.09. The second-order valence-electron chi connectivity index (χ2n) is 3.00. The van der Waals surface area contributed by atoms with Crippen LogP contribution < -0.4 is 5.73 Å². The average Bonchev–Trinajstić information content (AvgIpc) is 2.27. The summed E-state index contributed by atoms with van der Waals surface area (Å²) < 4.78 is 4.41. The van der Waals surface area contributed by atoms with E-state index < -0.39 is 11.9 Å². The fourth-order valence-corrected chi connectivity index (χ4v) is 1.09. The van der Waals surface area contributed by atoms with E-state index in [1.807, 2.05) is 0 Å². The molecular formula is C11H11NO4. The zero-order valence-electron chi connectivity index (χ0n) is 8.64. The molecule has 0 spiro atoms. The number of primary amides is 1. The van der Waals surface area contributed by atoms with Crippen LogP contribution in [0, 0.1) is 0 Å². The molecule has 0 unspecified atom stereocenters. The van der Waals surface area contributed by atoms with Crippen LogP contribution in [0.3, 0.4) is 0 Å². The molecule has 0 bridgehead atoms. The molecule has 0 atom stereocenters. The number of amides is 1. The van der Waals surface area contributed by atoms with E-state index >= 15 is 0 Å². The van der Waals surface area contributed by atoms with Crippen molar-refractivity contribution in [1.82, 2.24) is 0 Å². The Bertz CT molecular complexity index is 451. The van der Waals surface area contributed by atoms with Gasteiger partial charge in [0.1, 0.15) is 5.75 Å². The van der Waals surface area contributed by atoms with E-state index in [-0.39, 0.29) is 11.3 Å². The number of rotatable bonds is 3. The Morgan fingerprint density at radius 1 is 1.44 bits per heavy atom. The first-order chi connectivity index (χ1) is 7.54. The molecule has 0 aliphatic rings. The van der Waals surface area contributed by atoms with Crippen LogP contribution in [0.1, 0.15) is 15.9 Å². The SMILES string of the molecule is COC(=O)C=Cc1ccc(O)c(C(N)=O)c1. The molecule has 0 saturated carbocycles. The standard InChI is InChI=1S/C11H11NO4/c1-16-10(14)5-3-7-2-4-9(13)8(6-7)11(12)15/h2-6,13H,1H3,(H2,12,15). The quantitative estimate of drug-likeness (QED) is 0.580. The van der Waals surface area contributed by atoms with Gasteiger partial charge in [-0.15, -0.1) is 0 Å². The lowest BCUT2D eigenvalue weighted by molar-refractivity contribution is -0.134. The van der Waals surface area contributed by atoms with Gasteiger partial charge in [-0.1, -0.05) is 6.07 Å². The van der Waals surface area contributed by atoms with E-state index in [1.54, 1.807) is 6.07 Å². The van der Waals surface area contributed by atoms with Crippen molar-refractivity contribution < 1.29 is 19.4 Å². The average molecular weight is 221 g/mol. The lowest BCUT2D eigenvalue weighted by atomic mass is 10.1. The maximum atomic E-state index is 10.9. The summed E-state index contributed by atoms with van der Waals surface area (Å²) in [6.45, 7) is 0. The molecule has 84 valence electrons. The van der Waals surface area contributed by atoms with Crippen LogP contribution in [0.2, 0.25) is 0 Å². The Morgan fingerprint density at radius 2 is 2.12 bits per heavy atom. The maximum absolute atomic E-state index is 10.9. The largest absolute Gasteiger partial charge is 0.507 e. The van der Waals surface area contributed by atoms with E-state index in [2.05, 4.69) is 4.74 Å². The van der Waals surface area contributed by atoms with Crippen molar-refractivity contribution in [3.05, 3.63) is 35.4 Å². The summed E-state index contributed by atoms with van der Waals surface area (Å²) >= 11 is 0. The number of ether oxygens (including phenoxy) is 1. The summed E-state index contributed by atoms with van der Waals surface area (Å²) in [5.41, 5.74) is 5.62. The Morgan fingerprint density at radius 3 is 2.69 bits per heavy atom. The first-order valence-corrected chi connectivity index (χ1v) is 4.43. The summed E-state index contributed by atoms with van der Waals surface area (Å²) in [6.07, 6.45) is 2.66. The first-order valence-electron chi connectivity index (χ1n) is 4.43. The highest BCUT2D eigenvalue weighted by Crippen LogP contribution is 2.18. The number of benzene rings is 1. The molecular weight excluding hydrogens is 210 g/mol. The van der Waals surface area contributed by atoms with Crippen LogP contribution in [-0.4, -0.2) is 24.1 Å². The molecule has 0 radical (unpaired) electrons. The van der Waals surface area contributed by atoms with Gasteiger partial charge < -0.3 is 15.6 Å². The van der Waals surface area contributed by atoms with E-state index in [9.17, 15) is 14.7 Å². The highest BCUT2D eigenvalue weighted by molar-refractivity contribution is 5.96. The molecule has 0 heterocycles. The number of carbonyl (C=O) groups is 2. The second-order valence-corrected chi connectivity index (χ2v) is 3.00. The number of methoxy groups -OCH3 is 1. The third-order valence-electron chi connectivity index (χ3n) is 1.90. The molecule has 0 aliphatic heterocycles. The topological polar surface area (TPSA) is 89.6 Å². The lowest BCUT2D eigenvalue weighted by Gasteiger charge is -2.01. The van der Waals surface area contributed by atoms with Gasteiger partial charge in [-0.3, -0.25) is 4.79 Å². The smallest absolute Gasteiger partial charge is 0.330 e. The highest BCUT2D eigenvalue weighted by atomic mass is 16.5. The van der Waals surface area contributed by atoms with Gasteiger partial charge in [-0.05, 0) is 23.8 Å². The number of hydrogen-bond acceptors (Lipinski definition) is 4. The van der Waals surface area contributed by atoms with Crippen molar-refractivity contribution >= 4 is 18.0 Å². The minimum atomic E-state index is -0.731. The van der Waals surface area contributed by atoms with Crippen molar-refractivity contribution in [2.24, 2.45) is 5.73 Å². The number of hydrogen-bond donors (Lipinski definition) is 2. The molecule has 3 N–H and O–H groups in total. The van der Waals surface area contributed by atoms with Gasteiger partial charge in [0.25, 0.3) is 5.91 Å². The number of esters is 1. The molecule has 1 amide bonds. The Kier molecular flexibility index (Phi) is 3.66. The van der Waals surface area contributed by atoms with E-state index in [0.717, 1.165) is 0 Å². The van der Waals surface area contributed by atoms with Crippen molar-refractivity contribution in [3.63, 3.8) is 0 Å².